The molecule has 0 saturated carbocycles. The van der Waals surface area contributed by atoms with Gasteiger partial charge in [0, 0.05) is 0 Å². The predicted molar refractivity (Wildman–Crippen MR) is 87.8 cm³/mol. The SMILES string of the molecule is CCCCC(C)(C(=O)OC(C)(C)C)C(=O)C1(C)OOC1CCC. The van der Waals surface area contributed by atoms with Crippen LogP contribution in [-0.4, -0.2) is 29.1 Å². The predicted octanol–water partition coefficient (Wildman–Crippen LogP) is 3.98. The van der Waals surface area contributed by atoms with E-state index in [9.17, 15) is 9.59 Å². The van der Waals surface area contributed by atoms with E-state index in [4.69, 9.17) is 14.5 Å². The van der Waals surface area contributed by atoms with Gasteiger partial charge in [-0.25, -0.2) is 9.78 Å². The summed E-state index contributed by atoms with van der Waals surface area (Å²) in [6.45, 7) is 12.9. The first-order chi connectivity index (χ1) is 10.5. The van der Waals surface area contributed by atoms with Crippen LogP contribution in [0.1, 0.15) is 80.6 Å². The smallest absolute Gasteiger partial charge is 0.319 e. The fraction of sp³-hybridized carbons (Fsp3) is 0.889. The molecule has 23 heavy (non-hydrogen) atoms. The highest BCUT2D eigenvalue weighted by Gasteiger charge is 2.60. The number of hydrogen-bond acceptors (Lipinski definition) is 5. The van der Waals surface area contributed by atoms with Crippen LogP contribution in [0.4, 0.5) is 0 Å². The summed E-state index contributed by atoms with van der Waals surface area (Å²) < 4.78 is 5.52. The Labute approximate surface area is 140 Å². The summed E-state index contributed by atoms with van der Waals surface area (Å²) >= 11 is 0. The molecular weight excluding hydrogens is 296 g/mol. The van der Waals surface area contributed by atoms with Crippen LogP contribution in [0.25, 0.3) is 0 Å². The highest BCUT2D eigenvalue weighted by Crippen LogP contribution is 2.42. The zero-order valence-electron chi connectivity index (χ0n) is 15.7. The largest absolute Gasteiger partial charge is 0.459 e. The monoisotopic (exact) mass is 328 g/mol. The zero-order valence-corrected chi connectivity index (χ0v) is 15.7. The summed E-state index contributed by atoms with van der Waals surface area (Å²) in [5, 5.41) is 0. The van der Waals surface area contributed by atoms with Crippen molar-refractivity contribution in [3.8, 4) is 0 Å². The molecule has 1 aliphatic rings. The third-order valence-electron chi connectivity index (χ3n) is 4.33. The van der Waals surface area contributed by atoms with Crippen molar-refractivity contribution in [3.05, 3.63) is 0 Å². The van der Waals surface area contributed by atoms with E-state index in [0.717, 1.165) is 25.7 Å². The van der Waals surface area contributed by atoms with Crippen molar-refractivity contribution < 1.29 is 24.1 Å². The van der Waals surface area contributed by atoms with Crippen molar-refractivity contribution in [1.82, 2.24) is 0 Å². The van der Waals surface area contributed by atoms with Crippen molar-refractivity contribution in [1.29, 1.82) is 0 Å². The summed E-state index contributed by atoms with van der Waals surface area (Å²) in [6, 6.07) is 0. The van der Waals surface area contributed by atoms with E-state index >= 15 is 0 Å². The van der Waals surface area contributed by atoms with Gasteiger partial charge in [0.1, 0.15) is 17.1 Å². The van der Waals surface area contributed by atoms with Gasteiger partial charge < -0.3 is 4.74 Å². The molecule has 0 aromatic heterocycles. The molecule has 0 amide bonds. The summed E-state index contributed by atoms with van der Waals surface area (Å²) in [6.07, 6.45) is 3.43. The van der Waals surface area contributed by atoms with Crippen LogP contribution < -0.4 is 0 Å². The average molecular weight is 328 g/mol. The molecule has 0 N–H and O–H groups in total. The van der Waals surface area contributed by atoms with Gasteiger partial charge in [-0.3, -0.25) is 9.59 Å². The summed E-state index contributed by atoms with van der Waals surface area (Å²) in [5.41, 5.74) is -2.92. The summed E-state index contributed by atoms with van der Waals surface area (Å²) in [7, 11) is 0. The number of ether oxygens (including phenoxy) is 1. The van der Waals surface area contributed by atoms with E-state index in [2.05, 4.69) is 0 Å². The van der Waals surface area contributed by atoms with Crippen LogP contribution in [0.2, 0.25) is 0 Å². The van der Waals surface area contributed by atoms with E-state index in [1.54, 1.807) is 34.6 Å². The van der Waals surface area contributed by atoms with Gasteiger partial charge in [-0.1, -0.05) is 33.1 Å². The second-order valence-corrected chi connectivity index (χ2v) is 7.83. The van der Waals surface area contributed by atoms with E-state index in [-0.39, 0.29) is 11.9 Å². The molecule has 1 heterocycles. The molecule has 0 aromatic carbocycles. The molecule has 0 spiro atoms. The van der Waals surface area contributed by atoms with Gasteiger partial charge in [0.05, 0.1) is 0 Å². The highest BCUT2D eigenvalue weighted by molar-refractivity contribution is 6.07. The number of hydrogen-bond donors (Lipinski definition) is 0. The van der Waals surface area contributed by atoms with Gasteiger partial charge in [-0.05, 0) is 47.5 Å². The lowest BCUT2D eigenvalue weighted by Gasteiger charge is -2.46. The number of ketones is 1. The molecule has 134 valence electrons. The molecule has 1 saturated heterocycles. The molecule has 1 fully saturated rings. The standard InChI is InChI=1S/C18H32O5/c1-8-10-12-17(6,15(20)21-16(3,4)5)14(19)18(7)13(11-9-2)22-23-18/h13H,8-12H2,1-7H3. The van der Waals surface area contributed by atoms with Gasteiger partial charge in [-0.15, -0.1) is 0 Å². The zero-order chi connectivity index (χ0) is 17.9. The van der Waals surface area contributed by atoms with Gasteiger partial charge in [0.2, 0.25) is 0 Å². The maximum atomic E-state index is 13.2. The highest BCUT2D eigenvalue weighted by atomic mass is 17.3. The lowest BCUT2D eigenvalue weighted by molar-refractivity contribution is -0.490. The van der Waals surface area contributed by atoms with Crippen LogP contribution in [0.3, 0.4) is 0 Å². The Morgan fingerprint density at radius 2 is 1.74 bits per heavy atom. The number of rotatable bonds is 8. The minimum absolute atomic E-state index is 0.239. The van der Waals surface area contributed by atoms with Gasteiger partial charge in [-0.2, -0.15) is 0 Å². The summed E-state index contributed by atoms with van der Waals surface area (Å²) in [5.74, 6) is -0.715. The molecule has 1 aliphatic heterocycles. The van der Waals surface area contributed by atoms with Crippen molar-refractivity contribution in [2.75, 3.05) is 0 Å². The molecule has 5 heteroatoms. The van der Waals surface area contributed by atoms with Crippen molar-refractivity contribution in [2.45, 2.75) is 97.9 Å². The topological polar surface area (TPSA) is 61.8 Å². The van der Waals surface area contributed by atoms with Crippen molar-refractivity contribution >= 4 is 11.8 Å². The molecule has 3 unspecified atom stereocenters. The second-order valence-electron chi connectivity index (χ2n) is 7.83. The van der Waals surface area contributed by atoms with E-state index in [0.29, 0.717) is 6.42 Å². The van der Waals surface area contributed by atoms with Crippen molar-refractivity contribution in [3.63, 3.8) is 0 Å². The normalized spacial score (nSPS) is 27.0. The van der Waals surface area contributed by atoms with E-state index in [1.807, 2.05) is 13.8 Å². The minimum Gasteiger partial charge on any atom is -0.459 e. The van der Waals surface area contributed by atoms with Gasteiger partial charge >= 0.3 is 5.97 Å². The first-order valence-corrected chi connectivity index (χ1v) is 8.64. The second kappa shape index (κ2) is 7.31. The van der Waals surface area contributed by atoms with Crippen molar-refractivity contribution in [2.24, 2.45) is 5.41 Å². The van der Waals surface area contributed by atoms with E-state index < -0.39 is 22.6 Å². The Bertz CT molecular complexity index is 439. The molecule has 5 nitrogen and oxygen atoms in total. The van der Waals surface area contributed by atoms with Crippen LogP contribution in [-0.2, 0) is 24.1 Å². The molecule has 0 aromatic rings. The van der Waals surface area contributed by atoms with Gasteiger partial charge in [0.25, 0.3) is 0 Å². The Balaban J connectivity index is 3.04. The lowest BCUT2D eigenvalue weighted by Crippen LogP contribution is -2.64. The van der Waals surface area contributed by atoms with Crippen LogP contribution >= 0.6 is 0 Å². The Kier molecular flexibility index (Phi) is 6.39. The molecule has 0 aliphatic carbocycles. The fourth-order valence-electron chi connectivity index (χ4n) is 2.81. The van der Waals surface area contributed by atoms with Gasteiger partial charge in [0.15, 0.2) is 11.4 Å². The number of esters is 1. The first kappa shape index (κ1) is 20.1. The van der Waals surface area contributed by atoms with Crippen LogP contribution in [0, 0.1) is 5.41 Å². The quantitative estimate of drug-likeness (QED) is 0.383. The molecule has 1 rings (SSSR count). The third-order valence-corrected chi connectivity index (χ3v) is 4.33. The number of Topliss-reactive ketones (excluding diaryl/α,β-unsaturated/α-hetero) is 1. The Hall–Kier alpha value is -0.940. The maximum absolute atomic E-state index is 13.2. The average Bonchev–Trinajstić information content (AvgIpc) is 2.45. The molecule has 0 bridgehead atoms. The third kappa shape index (κ3) is 4.32. The van der Waals surface area contributed by atoms with E-state index in [1.165, 1.54) is 0 Å². The Morgan fingerprint density at radius 1 is 1.13 bits per heavy atom. The van der Waals surface area contributed by atoms with Crippen LogP contribution in [0.5, 0.6) is 0 Å². The first-order valence-electron chi connectivity index (χ1n) is 8.64. The lowest BCUT2D eigenvalue weighted by atomic mass is 9.71. The van der Waals surface area contributed by atoms with Crippen LogP contribution in [0.15, 0.2) is 0 Å². The Morgan fingerprint density at radius 3 is 2.13 bits per heavy atom. The molecular formula is C18H32O5. The number of carbonyl (C=O) groups excluding carboxylic acids is 2. The molecule has 3 atom stereocenters. The summed E-state index contributed by atoms with van der Waals surface area (Å²) in [4.78, 5) is 36.2. The fourth-order valence-corrected chi connectivity index (χ4v) is 2.81. The number of unbranched alkanes of at least 4 members (excludes halogenated alkanes) is 1. The number of carbonyl (C=O) groups is 2. The minimum atomic E-state index is -1.21. The maximum Gasteiger partial charge on any atom is 0.319 e. The molecule has 0 radical (unpaired) electrons.